The first kappa shape index (κ1) is 20.3. The van der Waals surface area contributed by atoms with Crippen LogP contribution < -0.4 is 15.1 Å². The standard InChI is InChI=1S/C22H20F3NO4/c1-13-4-6-14(7-5-13)29-20-18(28)15-8-9-17(27)16(12-26-10-2-3-11-26)19(15)30-21(20)22(23,24)25/h4-9,27H,2-3,10-12H2,1H3/p+1. The van der Waals surface area contributed by atoms with Crippen LogP contribution in [0.25, 0.3) is 11.0 Å². The molecule has 1 fully saturated rings. The second-order valence-electron chi connectivity index (χ2n) is 7.58. The van der Waals surface area contributed by atoms with Gasteiger partial charge < -0.3 is 19.2 Å². The third-order valence-corrected chi connectivity index (χ3v) is 5.33. The van der Waals surface area contributed by atoms with Gasteiger partial charge in [-0.25, -0.2) is 0 Å². The lowest BCUT2D eigenvalue weighted by atomic mass is 10.1. The number of hydrogen-bond donors (Lipinski definition) is 2. The van der Waals surface area contributed by atoms with Crippen molar-refractivity contribution in [1.29, 1.82) is 0 Å². The number of aryl methyl sites for hydroxylation is 1. The van der Waals surface area contributed by atoms with Crippen molar-refractivity contribution in [3.05, 3.63) is 63.5 Å². The molecule has 1 aliphatic heterocycles. The molecule has 0 spiro atoms. The summed E-state index contributed by atoms with van der Waals surface area (Å²) in [5.74, 6) is -2.52. The van der Waals surface area contributed by atoms with Crippen LogP contribution in [0.5, 0.6) is 17.2 Å². The monoisotopic (exact) mass is 420 g/mol. The smallest absolute Gasteiger partial charge is 0.453 e. The summed E-state index contributed by atoms with van der Waals surface area (Å²) in [6.07, 6.45) is -2.93. The molecular formula is C22H21F3NO4+. The summed E-state index contributed by atoms with van der Waals surface area (Å²) in [5, 5.41) is 10.2. The number of phenolic OH excluding ortho intramolecular Hbond substituents is 1. The largest absolute Gasteiger partial charge is 0.507 e. The second kappa shape index (κ2) is 7.68. The van der Waals surface area contributed by atoms with Crippen LogP contribution in [0.3, 0.4) is 0 Å². The molecular weight excluding hydrogens is 399 g/mol. The molecule has 0 atom stereocenters. The molecule has 1 saturated heterocycles. The fourth-order valence-electron chi connectivity index (χ4n) is 3.76. The highest BCUT2D eigenvalue weighted by Gasteiger charge is 2.41. The first-order valence-corrected chi connectivity index (χ1v) is 9.71. The maximum absolute atomic E-state index is 13.8. The van der Waals surface area contributed by atoms with Crippen molar-refractivity contribution < 1.29 is 32.3 Å². The fraction of sp³-hybridized carbons (Fsp3) is 0.318. The molecule has 0 bridgehead atoms. The Morgan fingerprint density at radius 2 is 1.77 bits per heavy atom. The lowest BCUT2D eigenvalue weighted by Gasteiger charge is -2.17. The second-order valence-corrected chi connectivity index (χ2v) is 7.58. The Morgan fingerprint density at radius 1 is 1.10 bits per heavy atom. The number of alkyl halides is 3. The topological polar surface area (TPSA) is 64.1 Å². The lowest BCUT2D eigenvalue weighted by Crippen LogP contribution is -3.08. The summed E-state index contributed by atoms with van der Waals surface area (Å²) in [6.45, 7) is 3.80. The number of quaternary nitrogens is 1. The van der Waals surface area contributed by atoms with Gasteiger partial charge in [0.15, 0.2) is 5.58 Å². The van der Waals surface area contributed by atoms with Crippen LogP contribution in [0, 0.1) is 6.92 Å². The highest BCUT2D eigenvalue weighted by Crippen LogP contribution is 2.39. The van der Waals surface area contributed by atoms with Gasteiger partial charge in [0.05, 0.1) is 24.0 Å². The van der Waals surface area contributed by atoms with Crippen molar-refractivity contribution >= 4 is 11.0 Å². The zero-order valence-electron chi connectivity index (χ0n) is 16.3. The molecule has 1 aliphatic rings. The van der Waals surface area contributed by atoms with Crippen molar-refractivity contribution in [2.75, 3.05) is 13.1 Å². The quantitative estimate of drug-likeness (QED) is 0.674. The van der Waals surface area contributed by atoms with Crippen LogP contribution in [-0.4, -0.2) is 18.2 Å². The average Bonchev–Trinajstić information content (AvgIpc) is 3.20. The van der Waals surface area contributed by atoms with Crippen LogP contribution in [0.1, 0.15) is 29.7 Å². The molecule has 2 N–H and O–H groups in total. The van der Waals surface area contributed by atoms with Crippen molar-refractivity contribution in [3.8, 4) is 17.2 Å². The number of fused-ring (bicyclic) bond motifs is 1. The first-order valence-electron chi connectivity index (χ1n) is 9.71. The Bertz CT molecular complexity index is 1130. The number of halogens is 3. The van der Waals surface area contributed by atoms with Gasteiger partial charge in [-0.3, -0.25) is 4.79 Å². The normalized spacial score (nSPS) is 15.1. The van der Waals surface area contributed by atoms with Crippen molar-refractivity contribution in [2.24, 2.45) is 0 Å². The van der Waals surface area contributed by atoms with Gasteiger partial charge >= 0.3 is 6.18 Å². The third-order valence-electron chi connectivity index (χ3n) is 5.33. The number of rotatable bonds is 4. The Labute approximate surface area is 170 Å². The van der Waals surface area contributed by atoms with E-state index in [4.69, 9.17) is 9.15 Å². The van der Waals surface area contributed by atoms with E-state index in [1.54, 1.807) is 12.1 Å². The van der Waals surface area contributed by atoms with E-state index >= 15 is 0 Å². The number of likely N-dealkylation sites (tertiary alicyclic amines) is 1. The van der Waals surface area contributed by atoms with Crippen LogP contribution in [0.4, 0.5) is 13.2 Å². The summed E-state index contributed by atoms with van der Waals surface area (Å²) in [6, 6.07) is 8.88. The predicted molar refractivity (Wildman–Crippen MR) is 104 cm³/mol. The summed E-state index contributed by atoms with van der Waals surface area (Å²) >= 11 is 0. The summed E-state index contributed by atoms with van der Waals surface area (Å²) in [7, 11) is 0. The predicted octanol–water partition coefficient (Wildman–Crippen LogP) is 3.80. The highest BCUT2D eigenvalue weighted by atomic mass is 19.4. The molecule has 30 heavy (non-hydrogen) atoms. The van der Waals surface area contributed by atoms with Gasteiger partial charge in [0, 0.05) is 12.8 Å². The summed E-state index contributed by atoms with van der Waals surface area (Å²) < 4.78 is 51.9. The molecule has 0 unspecified atom stereocenters. The van der Waals surface area contributed by atoms with E-state index in [1.165, 1.54) is 24.3 Å². The third kappa shape index (κ3) is 3.87. The molecule has 158 valence electrons. The number of ether oxygens (including phenoxy) is 1. The summed E-state index contributed by atoms with van der Waals surface area (Å²) in [4.78, 5) is 14.1. The highest BCUT2D eigenvalue weighted by molar-refractivity contribution is 5.83. The van der Waals surface area contributed by atoms with E-state index in [1.807, 2.05) is 6.92 Å². The van der Waals surface area contributed by atoms with Gasteiger partial charge in [0.2, 0.25) is 11.2 Å². The number of hydrogen-bond acceptors (Lipinski definition) is 4. The molecule has 5 nitrogen and oxygen atoms in total. The molecule has 2 heterocycles. The first-order chi connectivity index (χ1) is 14.2. The number of nitrogens with one attached hydrogen (secondary N) is 1. The Hall–Kier alpha value is -3.00. The van der Waals surface area contributed by atoms with Crippen LogP contribution >= 0.6 is 0 Å². The molecule has 1 aromatic heterocycles. The van der Waals surface area contributed by atoms with Gasteiger partial charge in [-0.05, 0) is 31.2 Å². The molecule has 0 aliphatic carbocycles. The van der Waals surface area contributed by atoms with Crippen molar-refractivity contribution in [3.63, 3.8) is 0 Å². The minimum absolute atomic E-state index is 0.0588. The zero-order chi connectivity index (χ0) is 21.5. The maximum atomic E-state index is 13.8. The van der Waals surface area contributed by atoms with Crippen molar-refractivity contribution in [1.82, 2.24) is 0 Å². The molecule has 2 aromatic carbocycles. The number of benzene rings is 2. The van der Waals surface area contributed by atoms with E-state index in [0.717, 1.165) is 36.4 Å². The van der Waals surface area contributed by atoms with Gasteiger partial charge in [0.1, 0.15) is 18.0 Å². The van der Waals surface area contributed by atoms with Crippen molar-refractivity contribution in [2.45, 2.75) is 32.5 Å². The van der Waals surface area contributed by atoms with E-state index in [2.05, 4.69) is 0 Å². The SMILES string of the molecule is Cc1ccc(Oc2c(C(F)(F)F)oc3c(C[NH+]4CCCC4)c(O)ccc3c2=O)cc1. The van der Waals surface area contributed by atoms with E-state index in [0.29, 0.717) is 0 Å². The minimum atomic E-state index is -4.95. The van der Waals surface area contributed by atoms with Crippen LogP contribution in [0.2, 0.25) is 0 Å². The Balaban J connectivity index is 1.89. The number of phenols is 1. The van der Waals surface area contributed by atoms with Gasteiger partial charge in [-0.2, -0.15) is 13.2 Å². The van der Waals surface area contributed by atoms with Crippen LogP contribution in [-0.2, 0) is 12.7 Å². The molecule has 4 rings (SSSR count). The number of aromatic hydroxyl groups is 1. The van der Waals surface area contributed by atoms with Crippen LogP contribution in [0.15, 0.2) is 45.6 Å². The maximum Gasteiger partial charge on any atom is 0.453 e. The van der Waals surface area contributed by atoms with Gasteiger partial charge in [0.25, 0.3) is 5.76 Å². The lowest BCUT2D eigenvalue weighted by molar-refractivity contribution is -0.901. The molecule has 0 amide bonds. The molecule has 0 radical (unpaired) electrons. The minimum Gasteiger partial charge on any atom is -0.507 e. The Morgan fingerprint density at radius 3 is 2.40 bits per heavy atom. The Kier molecular flexibility index (Phi) is 5.19. The van der Waals surface area contributed by atoms with Gasteiger partial charge in [-0.1, -0.05) is 17.7 Å². The average molecular weight is 420 g/mol. The van der Waals surface area contributed by atoms with Gasteiger partial charge in [-0.15, -0.1) is 0 Å². The molecule has 3 aromatic rings. The van der Waals surface area contributed by atoms with E-state index in [9.17, 15) is 23.1 Å². The van der Waals surface area contributed by atoms with E-state index in [-0.39, 0.29) is 34.6 Å². The molecule has 0 saturated carbocycles. The van der Waals surface area contributed by atoms with E-state index < -0.39 is 23.1 Å². The molecule has 8 heteroatoms. The fourth-order valence-corrected chi connectivity index (χ4v) is 3.76. The zero-order valence-corrected chi connectivity index (χ0v) is 16.3. The summed E-state index contributed by atoms with van der Waals surface area (Å²) in [5.41, 5.74) is -0.0767.